The summed E-state index contributed by atoms with van der Waals surface area (Å²) < 4.78 is 34.6. The molecule has 1 aliphatic rings. The molecule has 0 aromatic heterocycles. The standard InChI is InChI=1S/C17H30O12/c1-8(2)28-16(21)26-6-24-14-11(19)10(18)13(23-5)12(20)15(14)25-7-27-17(22)29-9(3)4/h8-15,18-20H,6-7H2,1-5H3. The highest BCUT2D eigenvalue weighted by molar-refractivity contribution is 5.60. The maximum atomic E-state index is 11.4. The molecule has 0 aliphatic heterocycles. The highest BCUT2D eigenvalue weighted by atomic mass is 16.8. The van der Waals surface area contributed by atoms with E-state index >= 15 is 0 Å². The third kappa shape index (κ3) is 7.91. The van der Waals surface area contributed by atoms with E-state index in [2.05, 4.69) is 0 Å². The molecule has 0 amide bonds. The molecule has 1 saturated carbocycles. The molecule has 29 heavy (non-hydrogen) atoms. The lowest BCUT2D eigenvalue weighted by Gasteiger charge is -2.44. The lowest BCUT2D eigenvalue weighted by atomic mass is 9.84. The zero-order valence-electron chi connectivity index (χ0n) is 17.0. The second-order valence-electron chi connectivity index (χ2n) is 6.79. The minimum atomic E-state index is -1.57. The van der Waals surface area contributed by atoms with Crippen molar-refractivity contribution in [2.45, 2.75) is 76.5 Å². The summed E-state index contributed by atoms with van der Waals surface area (Å²) in [5, 5.41) is 30.9. The average molecular weight is 426 g/mol. The molecule has 1 fully saturated rings. The number of hydrogen-bond donors (Lipinski definition) is 3. The minimum absolute atomic E-state index is 0.406. The monoisotopic (exact) mass is 426 g/mol. The summed E-state index contributed by atoms with van der Waals surface area (Å²) in [4.78, 5) is 22.8. The van der Waals surface area contributed by atoms with Gasteiger partial charge in [-0.2, -0.15) is 0 Å². The van der Waals surface area contributed by atoms with E-state index in [9.17, 15) is 24.9 Å². The van der Waals surface area contributed by atoms with Crippen LogP contribution in [0.1, 0.15) is 27.7 Å². The first-order valence-corrected chi connectivity index (χ1v) is 9.05. The summed E-state index contributed by atoms with van der Waals surface area (Å²) in [5.74, 6) is 0. The number of hydrogen-bond acceptors (Lipinski definition) is 12. The fourth-order valence-corrected chi connectivity index (χ4v) is 2.61. The van der Waals surface area contributed by atoms with Gasteiger partial charge in [0.25, 0.3) is 0 Å². The van der Waals surface area contributed by atoms with E-state index in [1.807, 2.05) is 0 Å². The van der Waals surface area contributed by atoms with Crippen LogP contribution in [-0.4, -0.2) is 97.2 Å². The first-order chi connectivity index (χ1) is 13.6. The van der Waals surface area contributed by atoms with E-state index in [-0.39, 0.29) is 0 Å². The first-order valence-electron chi connectivity index (χ1n) is 9.05. The van der Waals surface area contributed by atoms with Gasteiger partial charge in [-0.15, -0.1) is 0 Å². The number of carbonyl (C=O) groups excluding carboxylic acids is 2. The molecular formula is C17H30O12. The van der Waals surface area contributed by atoms with Gasteiger partial charge >= 0.3 is 12.3 Å². The zero-order valence-corrected chi connectivity index (χ0v) is 17.0. The Balaban J connectivity index is 2.73. The number of aliphatic hydroxyl groups excluding tert-OH is 3. The molecule has 1 aliphatic carbocycles. The lowest BCUT2D eigenvalue weighted by molar-refractivity contribution is -0.272. The van der Waals surface area contributed by atoms with Crippen LogP contribution in [0.4, 0.5) is 9.59 Å². The Labute approximate surface area is 168 Å². The molecule has 12 heteroatoms. The van der Waals surface area contributed by atoms with Crippen molar-refractivity contribution >= 4 is 12.3 Å². The maximum absolute atomic E-state index is 11.4. The Bertz CT molecular complexity index is 511. The number of carbonyl (C=O) groups is 2. The molecule has 1 rings (SSSR count). The van der Waals surface area contributed by atoms with Crippen LogP contribution in [0, 0.1) is 0 Å². The predicted octanol–water partition coefficient (Wildman–Crippen LogP) is -0.0937. The van der Waals surface area contributed by atoms with Gasteiger partial charge in [0.1, 0.15) is 36.6 Å². The van der Waals surface area contributed by atoms with Crippen LogP contribution >= 0.6 is 0 Å². The summed E-state index contributed by atoms with van der Waals surface area (Å²) in [6, 6.07) is 0. The predicted molar refractivity (Wildman–Crippen MR) is 93.7 cm³/mol. The number of ether oxygens (including phenoxy) is 7. The van der Waals surface area contributed by atoms with Gasteiger partial charge in [-0.1, -0.05) is 0 Å². The van der Waals surface area contributed by atoms with Crippen molar-refractivity contribution in [1.82, 2.24) is 0 Å². The van der Waals surface area contributed by atoms with E-state index in [1.165, 1.54) is 7.11 Å². The second-order valence-corrected chi connectivity index (χ2v) is 6.79. The molecular weight excluding hydrogens is 396 g/mol. The van der Waals surface area contributed by atoms with Gasteiger partial charge in [-0.25, -0.2) is 9.59 Å². The molecule has 0 radical (unpaired) electrons. The quantitative estimate of drug-likeness (QED) is 0.332. The van der Waals surface area contributed by atoms with Crippen LogP contribution in [-0.2, 0) is 33.2 Å². The Kier molecular flexibility index (Phi) is 10.6. The Hall–Kier alpha value is -1.70. The van der Waals surface area contributed by atoms with Crippen LogP contribution in [0.2, 0.25) is 0 Å². The van der Waals surface area contributed by atoms with Crippen LogP contribution in [0.15, 0.2) is 0 Å². The van der Waals surface area contributed by atoms with Crippen molar-refractivity contribution < 1.29 is 58.1 Å². The first kappa shape index (κ1) is 25.3. The van der Waals surface area contributed by atoms with Gasteiger partial charge in [0.05, 0.1) is 12.2 Å². The maximum Gasteiger partial charge on any atom is 0.510 e. The van der Waals surface area contributed by atoms with E-state index in [4.69, 9.17) is 33.2 Å². The number of aliphatic hydroxyl groups is 3. The molecule has 0 aromatic carbocycles. The van der Waals surface area contributed by atoms with Crippen molar-refractivity contribution in [3.63, 3.8) is 0 Å². The minimum Gasteiger partial charge on any atom is -0.432 e. The lowest BCUT2D eigenvalue weighted by Crippen LogP contribution is -2.65. The largest absolute Gasteiger partial charge is 0.510 e. The smallest absolute Gasteiger partial charge is 0.432 e. The summed E-state index contributed by atoms with van der Waals surface area (Å²) in [6.07, 6.45) is -11.2. The Morgan fingerprint density at radius 3 is 1.48 bits per heavy atom. The van der Waals surface area contributed by atoms with Crippen LogP contribution < -0.4 is 0 Å². The number of rotatable bonds is 9. The fourth-order valence-electron chi connectivity index (χ4n) is 2.61. The molecule has 0 bridgehead atoms. The molecule has 170 valence electrons. The Morgan fingerprint density at radius 2 is 1.10 bits per heavy atom. The van der Waals surface area contributed by atoms with Gasteiger partial charge in [-0.3, -0.25) is 0 Å². The summed E-state index contributed by atoms with van der Waals surface area (Å²) in [6.45, 7) is 5.21. The molecule has 6 unspecified atom stereocenters. The van der Waals surface area contributed by atoms with Crippen molar-refractivity contribution in [2.24, 2.45) is 0 Å². The molecule has 3 N–H and O–H groups in total. The van der Waals surface area contributed by atoms with E-state index in [0.29, 0.717) is 0 Å². The van der Waals surface area contributed by atoms with Crippen LogP contribution in [0.25, 0.3) is 0 Å². The zero-order chi connectivity index (χ0) is 22.1. The molecule has 12 nitrogen and oxygen atoms in total. The topological polar surface area (TPSA) is 159 Å². The van der Waals surface area contributed by atoms with Crippen molar-refractivity contribution in [1.29, 1.82) is 0 Å². The van der Waals surface area contributed by atoms with Crippen LogP contribution in [0.3, 0.4) is 0 Å². The fraction of sp³-hybridized carbons (Fsp3) is 0.882. The molecule has 6 atom stereocenters. The highest BCUT2D eigenvalue weighted by Gasteiger charge is 2.51. The van der Waals surface area contributed by atoms with E-state index in [1.54, 1.807) is 27.7 Å². The van der Waals surface area contributed by atoms with Crippen molar-refractivity contribution in [3.05, 3.63) is 0 Å². The van der Waals surface area contributed by atoms with Gasteiger partial charge in [0, 0.05) is 7.11 Å². The van der Waals surface area contributed by atoms with Crippen molar-refractivity contribution in [3.8, 4) is 0 Å². The number of methoxy groups -OCH3 is 1. The highest BCUT2D eigenvalue weighted by Crippen LogP contribution is 2.28. The van der Waals surface area contributed by atoms with Gasteiger partial charge in [-0.05, 0) is 27.7 Å². The summed E-state index contributed by atoms with van der Waals surface area (Å²) in [5.41, 5.74) is 0. The van der Waals surface area contributed by atoms with Gasteiger partial charge in [0.15, 0.2) is 13.6 Å². The third-order valence-electron chi connectivity index (χ3n) is 3.83. The third-order valence-corrected chi connectivity index (χ3v) is 3.83. The molecule has 0 heterocycles. The molecule has 0 spiro atoms. The summed E-state index contributed by atoms with van der Waals surface area (Å²) >= 11 is 0. The van der Waals surface area contributed by atoms with E-state index < -0.39 is 74.7 Å². The second kappa shape index (κ2) is 12.1. The van der Waals surface area contributed by atoms with Crippen molar-refractivity contribution in [2.75, 3.05) is 20.7 Å². The van der Waals surface area contributed by atoms with Gasteiger partial charge < -0.3 is 48.5 Å². The molecule has 0 aromatic rings. The van der Waals surface area contributed by atoms with E-state index in [0.717, 1.165) is 0 Å². The SMILES string of the molecule is COC1C(O)C(O)C(OCOC(=O)OC(C)C)C(OCOC(=O)OC(C)C)C1O. The van der Waals surface area contributed by atoms with Gasteiger partial charge in [0.2, 0.25) is 0 Å². The molecule has 0 saturated heterocycles. The normalized spacial score (nSPS) is 29.6. The van der Waals surface area contributed by atoms with Crippen LogP contribution in [0.5, 0.6) is 0 Å². The Morgan fingerprint density at radius 1 is 0.724 bits per heavy atom. The average Bonchev–Trinajstić information content (AvgIpc) is 2.60. The summed E-state index contributed by atoms with van der Waals surface area (Å²) in [7, 11) is 1.23.